The summed E-state index contributed by atoms with van der Waals surface area (Å²) >= 11 is 1.45. The number of thiazole rings is 1. The van der Waals surface area contributed by atoms with E-state index in [1.807, 2.05) is 26.0 Å². The minimum atomic E-state index is -0.267. The molecule has 136 valence electrons. The van der Waals surface area contributed by atoms with Crippen molar-refractivity contribution in [2.75, 3.05) is 5.32 Å². The maximum atomic E-state index is 12.5. The van der Waals surface area contributed by atoms with Crippen molar-refractivity contribution < 1.29 is 15.0 Å². The molecule has 0 aliphatic heterocycles. The van der Waals surface area contributed by atoms with E-state index in [9.17, 15) is 15.0 Å². The van der Waals surface area contributed by atoms with Crippen molar-refractivity contribution in [1.29, 1.82) is 0 Å². The van der Waals surface area contributed by atoms with Crippen LogP contribution in [0.15, 0.2) is 48.5 Å². The summed E-state index contributed by atoms with van der Waals surface area (Å²) in [4.78, 5) is 17.1. The van der Waals surface area contributed by atoms with Crippen LogP contribution >= 0.6 is 11.3 Å². The van der Waals surface area contributed by atoms with Gasteiger partial charge in [0.25, 0.3) is 5.91 Å². The van der Waals surface area contributed by atoms with Gasteiger partial charge in [-0.25, -0.2) is 4.98 Å². The Morgan fingerprint density at radius 2 is 1.59 bits per heavy atom. The van der Waals surface area contributed by atoms with Gasteiger partial charge in [0, 0.05) is 17.7 Å². The Labute approximate surface area is 159 Å². The molecule has 0 unspecified atom stereocenters. The third-order valence-corrected chi connectivity index (χ3v) is 5.50. The number of fused-ring (bicyclic) bond motifs is 1. The predicted molar refractivity (Wildman–Crippen MR) is 106 cm³/mol. The molecule has 0 fully saturated rings. The second-order valence-electron chi connectivity index (χ2n) is 6.28. The summed E-state index contributed by atoms with van der Waals surface area (Å²) in [6.07, 6.45) is 0. The first kappa shape index (κ1) is 17.1. The van der Waals surface area contributed by atoms with Crippen molar-refractivity contribution in [2.45, 2.75) is 13.8 Å². The van der Waals surface area contributed by atoms with E-state index in [1.165, 1.54) is 28.0 Å². The zero-order valence-electron chi connectivity index (χ0n) is 14.7. The number of aromatic nitrogens is 2. The van der Waals surface area contributed by atoms with Gasteiger partial charge in [0.2, 0.25) is 0 Å². The average Bonchev–Trinajstić information content (AvgIpc) is 3.22. The van der Waals surface area contributed by atoms with Crippen molar-refractivity contribution in [2.24, 2.45) is 0 Å². The largest absolute Gasteiger partial charge is 0.494 e. The van der Waals surface area contributed by atoms with Crippen LogP contribution in [0.2, 0.25) is 0 Å². The Morgan fingerprint density at radius 1 is 0.963 bits per heavy atom. The highest BCUT2D eigenvalue weighted by Gasteiger charge is 2.13. The Hall–Kier alpha value is -3.32. The molecule has 0 radical (unpaired) electrons. The van der Waals surface area contributed by atoms with Gasteiger partial charge in [0.1, 0.15) is 0 Å². The molecule has 4 rings (SSSR count). The van der Waals surface area contributed by atoms with Crippen molar-refractivity contribution >= 4 is 32.6 Å². The van der Waals surface area contributed by atoms with Gasteiger partial charge in [0.05, 0.1) is 15.9 Å². The quantitative estimate of drug-likeness (QED) is 0.493. The molecule has 3 N–H and O–H groups in total. The van der Waals surface area contributed by atoms with E-state index in [0.717, 1.165) is 21.3 Å². The lowest BCUT2D eigenvalue weighted by Crippen LogP contribution is -2.11. The molecule has 0 saturated carbocycles. The molecule has 1 amide bonds. The normalized spacial score (nSPS) is 11.0. The molecular weight excluding hydrogens is 362 g/mol. The lowest BCUT2D eigenvalue weighted by Gasteiger charge is -2.08. The van der Waals surface area contributed by atoms with Crippen LogP contribution in [0.4, 0.5) is 5.13 Å². The van der Waals surface area contributed by atoms with Crippen molar-refractivity contribution in [3.05, 3.63) is 65.2 Å². The molecule has 27 heavy (non-hydrogen) atoms. The van der Waals surface area contributed by atoms with E-state index >= 15 is 0 Å². The maximum Gasteiger partial charge on any atom is 0.257 e. The fraction of sp³-hybridized carbons (Fsp3) is 0.100. The van der Waals surface area contributed by atoms with Gasteiger partial charge in [-0.1, -0.05) is 23.5 Å². The van der Waals surface area contributed by atoms with Crippen molar-refractivity contribution in [3.8, 4) is 17.4 Å². The third-order valence-electron chi connectivity index (χ3n) is 4.39. The highest BCUT2D eigenvalue weighted by molar-refractivity contribution is 7.22. The summed E-state index contributed by atoms with van der Waals surface area (Å²) in [5.41, 5.74) is 4.12. The lowest BCUT2D eigenvalue weighted by molar-refractivity contribution is 0.102. The fourth-order valence-electron chi connectivity index (χ4n) is 2.92. The van der Waals surface area contributed by atoms with Gasteiger partial charge in [0.15, 0.2) is 16.9 Å². The molecule has 0 aliphatic rings. The summed E-state index contributed by atoms with van der Waals surface area (Å²) in [6, 6.07) is 13.4. The average molecular weight is 379 g/mol. The van der Waals surface area contributed by atoms with E-state index in [0.29, 0.717) is 16.4 Å². The Kier molecular flexibility index (Phi) is 4.08. The van der Waals surface area contributed by atoms with E-state index in [2.05, 4.69) is 10.3 Å². The highest BCUT2D eigenvalue weighted by atomic mass is 32.1. The van der Waals surface area contributed by atoms with Gasteiger partial charge in [-0.2, -0.15) is 0 Å². The summed E-state index contributed by atoms with van der Waals surface area (Å²) in [5.74, 6) is -0.424. The summed E-state index contributed by atoms with van der Waals surface area (Å²) in [7, 11) is 0. The summed E-state index contributed by atoms with van der Waals surface area (Å²) in [6.45, 7) is 4.02. The number of anilines is 1. The van der Waals surface area contributed by atoms with Crippen molar-refractivity contribution in [3.63, 3.8) is 0 Å². The number of hydrogen-bond donors (Lipinski definition) is 3. The highest BCUT2D eigenvalue weighted by Crippen LogP contribution is 2.31. The molecule has 7 heteroatoms. The molecule has 0 saturated heterocycles. The summed E-state index contributed by atoms with van der Waals surface area (Å²) in [5, 5.41) is 23.0. The fourth-order valence-corrected chi connectivity index (χ4v) is 3.93. The second kappa shape index (κ2) is 6.44. The molecule has 0 bridgehead atoms. The Morgan fingerprint density at radius 3 is 2.22 bits per heavy atom. The lowest BCUT2D eigenvalue weighted by atomic mass is 10.1. The molecule has 2 aromatic carbocycles. The molecule has 4 aromatic rings. The van der Waals surface area contributed by atoms with Crippen molar-refractivity contribution in [1.82, 2.24) is 9.55 Å². The molecular formula is C20H17N3O3S. The van der Waals surface area contributed by atoms with E-state index in [1.54, 1.807) is 24.3 Å². The van der Waals surface area contributed by atoms with Crippen LogP contribution in [0.3, 0.4) is 0 Å². The smallest absolute Gasteiger partial charge is 0.257 e. The molecule has 2 heterocycles. The van der Waals surface area contributed by atoms with Gasteiger partial charge >= 0.3 is 0 Å². The first-order valence-corrected chi connectivity index (χ1v) is 9.14. The third kappa shape index (κ3) is 3.02. The predicted octanol–water partition coefficient (Wildman–Crippen LogP) is 4.37. The topological polar surface area (TPSA) is 87.4 Å². The van der Waals surface area contributed by atoms with Crippen LogP contribution in [0.5, 0.6) is 11.8 Å². The molecule has 0 spiro atoms. The number of nitrogens with one attached hydrogen (secondary N) is 1. The summed E-state index contributed by atoms with van der Waals surface area (Å²) < 4.78 is 2.35. The first-order valence-electron chi connectivity index (χ1n) is 8.32. The van der Waals surface area contributed by atoms with Crippen LogP contribution in [0.25, 0.3) is 15.9 Å². The number of amides is 1. The number of nitrogens with zero attached hydrogens (tertiary/aromatic N) is 2. The maximum absolute atomic E-state index is 12.5. The van der Waals surface area contributed by atoms with Gasteiger partial charge in [-0.3, -0.25) is 14.7 Å². The van der Waals surface area contributed by atoms with Crippen LogP contribution in [0, 0.1) is 13.8 Å². The first-order chi connectivity index (χ1) is 12.9. The molecule has 0 aliphatic carbocycles. The Bertz CT molecular complexity index is 1100. The zero-order chi connectivity index (χ0) is 19.1. The number of rotatable bonds is 3. The Balaban J connectivity index is 1.59. The SMILES string of the molecule is Cc1ccc(C)c2sc(NC(=O)c3ccc(-n4c(O)ccc4O)cc3)nc12. The molecule has 0 atom stereocenters. The van der Waals surface area contributed by atoms with Gasteiger partial charge < -0.3 is 10.2 Å². The van der Waals surface area contributed by atoms with Crippen LogP contribution < -0.4 is 5.32 Å². The van der Waals surface area contributed by atoms with Crippen LogP contribution in [0.1, 0.15) is 21.5 Å². The number of carbonyl (C=O) groups excluding carboxylic acids is 1. The molecule has 2 aromatic heterocycles. The standard InChI is InChI=1S/C20H17N3O3S/c1-11-3-4-12(2)18-17(11)21-20(27-18)22-19(26)13-5-7-14(8-6-13)23-15(24)9-10-16(23)25/h3-10,24-25H,1-2H3,(H,21,22,26). The zero-order valence-corrected chi connectivity index (χ0v) is 15.5. The van der Waals surface area contributed by atoms with E-state index in [-0.39, 0.29) is 17.7 Å². The number of aromatic hydroxyl groups is 2. The number of benzene rings is 2. The van der Waals surface area contributed by atoms with Crippen LogP contribution in [-0.2, 0) is 0 Å². The van der Waals surface area contributed by atoms with Gasteiger partial charge in [-0.15, -0.1) is 0 Å². The second-order valence-corrected chi connectivity index (χ2v) is 7.28. The van der Waals surface area contributed by atoms with E-state index in [4.69, 9.17) is 0 Å². The monoisotopic (exact) mass is 379 g/mol. The van der Waals surface area contributed by atoms with E-state index < -0.39 is 0 Å². The minimum Gasteiger partial charge on any atom is -0.494 e. The number of carbonyl (C=O) groups is 1. The van der Waals surface area contributed by atoms with Crippen LogP contribution in [-0.4, -0.2) is 25.7 Å². The number of hydrogen-bond acceptors (Lipinski definition) is 5. The number of aryl methyl sites for hydroxylation is 2. The minimum absolute atomic E-state index is 0.0788. The molecule has 6 nitrogen and oxygen atoms in total. The van der Waals surface area contributed by atoms with Gasteiger partial charge in [-0.05, 0) is 49.2 Å².